The summed E-state index contributed by atoms with van der Waals surface area (Å²) < 4.78 is 4.73. The van der Waals surface area contributed by atoms with Crippen LogP contribution in [0.1, 0.15) is 6.92 Å². The molecule has 1 saturated heterocycles. The summed E-state index contributed by atoms with van der Waals surface area (Å²) >= 11 is 0. The Balaban J connectivity index is 2.04. The molecular formula is C8H9NO4. The first-order valence-electron chi connectivity index (χ1n) is 4.18. The van der Waals surface area contributed by atoms with E-state index in [4.69, 9.17) is 4.74 Å². The second-order valence-corrected chi connectivity index (χ2v) is 3.18. The first-order chi connectivity index (χ1) is 6.16. The van der Waals surface area contributed by atoms with Crippen molar-refractivity contribution in [2.24, 2.45) is 17.8 Å². The van der Waals surface area contributed by atoms with Gasteiger partial charge in [0.05, 0.1) is 24.4 Å². The van der Waals surface area contributed by atoms with Crippen LogP contribution in [0.4, 0.5) is 0 Å². The maximum atomic E-state index is 11.2. The number of hydrogen-bond donors (Lipinski definition) is 1. The third-order valence-electron chi connectivity index (χ3n) is 2.43. The Bertz CT molecular complexity index is 279. The average molecular weight is 183 g/mol. The van der Waals surface area contributed by atoms with E-state index in [1.165, 1.54) is 0 Å². The molecule has 2 amide bonds. The van der Waals surface area contributed by atoms with Gasteiger partial charge in [0.15, 0.2) is 0 Å². The molecule has 5 heteroatoms. The summed E-state index contributed by atoms with van der Waals surface area (Å²) in [5, 5.41) is 2.16. The van der Waals surface area contributed by atoms with Crippen LogP contribution in [-0.4, -0.2) is 24.4 Å². The molecule has 2 fully saturated rings. The Morgan fingerprint density at radius 3 is 2.38 bits per heavy atom. The van der Waals surface area contributed by atoms with E-state index in [1.54, 1.807) is 6.92 Å². The second-order valence-electron chi connectivity index (χ2n) is 3.18. The molecular weight excluding hydrogens is 174 g/mol. The number of ether oxygens (including phenoxy) is 1. The maximum absolute atomic E-state index is 11.2. The van der Waals surface area contributed by atoms with Gasteiger partial charge in [0.1, 0.15) is 0 Å². The lowest BCUT2D eigenvalue weighted by molar-refractivity contribution is -0.148. The van der Waals surface area contributed by atoms with Crippen LogP contribution in [0, 0.1) is 17.8 Å². The number of rotatable bonds is 2. The van der Waals surface area contributed by atoms with Gasteiger partial charge in [-0.2, -0.15) is 0 Å². The normalized spacial score (nSPS) is 35.3. The number of esters is 1. The molecule has 2 aliphatic rings. The lowest BCUT2D eigenvalue weighted by atomic mass is 10.3. The summed E-state index contributed by atoms with van der Waals surface area (Å²) in [7, 11) is 0. The molecule has 2 rings (SSSR count). The molecule has 13 heavy (non-hydrogen) atoms. The average Bonchev–Trinajstić information content (AvgIpc) is 2.72. The van der Waals surface area contributed by atoms with E-state index in [-0.39, 0.29) is 18.4 Å². The van der Waals surface area contributed by atoms with Crippen LogP contribution in [-0.2, 0) is 19.1 Å². The largest absolute Gasteiger partial charge is 0.466 e. The second kappa shape index (κ2) is 2.55. The van der Waals surface area contributed by atoms with Gasteiger partial charge in [0.2, 0.25) is 11.8 Å². The third-order valence-corrected chi connectivity index (χ3v) is 2.43. The summed E-state index contributed by atoms with van der Waals surface area (Å²) in [5.41, 5.74) is 0. The van der Waals surface area contributed by atoms with Crippen molar-refractivity contribution in [2.75, 3.05) is 6.61 Å². The van der Waals surface area contributed by atoms with E-state index in [1.807, 2.05) is 0 Å². The van der Waals surface area contributed by atoms with E-state index in [2.05, 4.69) is 5.32 Å². The minimum atomic E-state index is -0.513. The van der Waals surface area contributed by atoms with E-state index in [0.29, 0.717) is 0 Å². The van der Waals surface area contributed by atoms with Crippen LogP contribution >= 0.6 is 0 Å². The zero-order valence-electron chi connectivity index (χ0n) is 7.07. The Morgan fingerprint density at radius 2 is 1.92 bits per heavy atom. The van der Waals surface area contributed by atoms with Crippen molar-refractivity contribution in [3.63, 3.8) is 0 Å². The highest BCUT2D eigenvalue weighted by Gasteiger charge is 2.68. The Hall–Kier alpha value is -1.39. The number of imide groups is 1. The molecule has 1 heterocycles. The van der Waals surface area contributed by atoms with E-state index < -0.39 is 23.7 Å². The maximum Gasteiger partial charge on any atom is 0.310 e. The zero-order valence-corrected chi connectivity index (χ0v) is 7.07. The quantitative estimate of drug-likeness (QED) is 0.443. The summed E-state index contributed by atoms with van der Waals surface area (Å²) in [5.74, 6) is -2.53. The Labute approximate surface area is 74.4 Å². The van der Waals surface area contributed by atoms with Gasteiger partial charge in [0, 0.05) is 0 Å². The van der Waals surface area contributed by atoms with Crippen molar-refractivity contribution < 1.29 is 19.1 Å². The number of fused-ring (bicyclic) bond motifs is 1. The molecule has 0 aromatic carbocycles. The minimum absolute atomic E-state index is 0.282. The third kappa shape index (κ3) is 1.03. The molecule has 1 aliphatic carbocycles. The first kappa shape index (κ1) is 8.22. The molecule has 2 atom stereocenters. The van der Waals surface area contributed by atoms with Gasteiger partial charge in [-0.25, -0.2) is 0 Å². The summed E-state index contributed by atoms with van der Waals surface area (Å²) in [6.07, 6.45) is 0. The van der Waals surface area contributed by atoms with Gasteiger partial charge in [-0.1, -0.05) is 0 Å². The zero-order chi connectivity index (χ0) is 9.59. The van der Waals surface area contributed by atoms with E-state index in [0.717, 1.165) is 0 Å². The van der Waals surface area contributed by atoms with Gasteiger partial charge in [0.25, 0.3) is 0 Å². The fraction of sp³-hybridized carbons (Fsp3) is 0.625. The number of amides is 2. The van der Waals surface area contributed by atoms with Crippen LogP contribution in [0.15, 0.2) is 0 Å². The highest BCUT2D eigenvalue weighted by molar-refractivity contribution is 6.13. The number of hydrogen-bond acceptors (Lipinski definition) is 4. The molecule has 1 saturated carbocycles. The van der Waals surface area contributed by atoms with Gasteiger partial charge in [-0.05, 0) is 6.92 Å². The Morgan fingerprint density at radius 1 is 1.38 bits per heavy atom. The molecule has 0 spiro atoms. The number of nitrogens with one attached hydrogen (secondary N) is 1. The lowest BCUT2D eigenvalue weighted by Crippen LogP contribution is -2.29. The van der Waals surface area contributed by atoms with Crippen LogP contribution in [0.25, 0.3) is 0 Å². The van der Waals surface area contributed by atoms with Crippen LogP contribution < -0.4 is 5.32 Å². The van der Waals surface area contributed by atoms with Crippen molar-refractivity contribution in [3.8, 4) is 0 Å². The topological polar surface area (TPSA) is 72.5 Å². The first-order valence-corrected chi connectivity index (χ1v) is 4.18. The van der Waals surface area contributed by atoms with E-state index >= 15 is 0 Å². The van der Waals surface area contributed by atoms with Crippen LogP contribution in [0.5, 0.6) is 0 Å². The van der Waals surface area contributed by atoms with Crippen molar-refractivity contribution in [1.29, 1.82) is 0 Å². The van der Waals surface area contributed by atoms with Gasteiger partial charge in [-0.15, -0.1) is 0 Å². The molecule has 1 N–H and O–H groups in total. The summed E-state index contributed by atoms with van der Waals surface area (Å²) in [4.78, 5) is 33.2. The number of carbonyl (C=O) groups excluding carboxylic acids is 3. The number of piperidine rings is 1. The molecule has 70 valence electrons. The fourth-order valence-corrected chi connectivity index (χ4v) is 1.78. The monoisotopic (exact) mass is 183 g/mol. The molecule has 1 aliphatic heterocycles. The predicted molar refractivity (Wildman–Crippen MR) is 40.3 cm³/mol. The summed E-state index contributed by atoms with van der Waals surface area (Å²) in [6, 6.07) is 0. The summed E-state index contributed by atoms with van der Waals surface area (Å²) in [6.45, 7) is 1.97. The van der Waals surface area contributed by atoms with Crippen molar-refractivity contribution >= 4 is 17.8 Å². The van der Waals surface area contributed by atoms with E-state index in [9.17, 15) is 14.4 Å². The lowest BCUT2D eigenvalue weighted by Gasteiger charge is -2.02. The SMILES string of the molecule is CCOC(=O)C1[C@H]2C(=O)NC(=O)[C@H]12. The van der Waals surface area contributed by atoms with Gasteiger partial charge >= 0.3 is 5.97 Å². The highest BCUT2D eigenvalue weighted by Crippen LogP contribution is 2.50. The molecule has 0 radical (unpaired) electrons. The van der Waals surface area contributed by atoms with Crippen molar-refractivity contribution in [2.45, 2.75) is 6.92 Å². The molecule has 0 aromatic heterocycles. The molecule has 5 nitrogen and oxygen atoms in total. The molecule has 0 unspecified atom stereocenters. The standard InChI is InChI=1S/C8H9NO4/c1-2-13-8(12)5-3-4(5)7(11)9-6(3)10/h3-5H,2H2,1H3,(H,9,10,11)/t3-,4-/m0/s1. The van der Waals surface area contributed by atoms with Crippen LogP contribution in [0.2, 0.25) is 0 Å². The number of carbonyl (C=O) groups is 3. The predicted octanol–water partition coefficient (Wildman–Crippen LogP) is -0.932. The highest BCUT2D eigenvalue weighted by atomic mass is 16.5. The smallest absolute Gasteiger partial charge is 0.310 e. The minimum Gasteiger partial charge on any atom is -0.466 e. The molecule has 0 aromatic rings. The van der Waals surface area contributed by atoms with Crippen molar-refractivity contribution in [3.05, 3.63) is 0 Å². The Kier molecular flexibility index (Phi) is 1.61. The van der Waals surface area contributed by atoms with Gasteiger partial charge < -0.3 is 4.74 Å². The van der Waals surface area contributed by atoms with Crippen LogP contribution in [0.3, 0.4) is 0 Å². The molecule has 0 bridgehead atoms. The van der Waals surface area contributed by atoms with Gasteiger partial charge in [-0.3, -0.25) is 19.7 Å². The van der Waals surface area contributed by atoms with Crippen molar-refractivity contribution in [1.82, 2.24) is 5.32 Å². The fourth-order valence-electron chi connectivity index (χ4n) is 1.78.